The topological polar surface area (TPSA) is 69.6 Å². The Morgan fingerprint density at radius 1 is 1.14 bits per heavy atom. The number of amides is 2. The molecule has 0 saturated heterocycles. The third-order valence-electron chi connectivity index (χ3n) is 3.57. The standard InChI is InChI=1S/C17H14N2O3/c20-16(18-22)10-9-12-5-2-4-8-15(12)19-11-13-6-1-3-7-14(13)17(19)21/h1-10,22H,11H2,(H,18,20). The van der Waals surface area contributed by atoms with Gasteiger partial charge in [0.05, 0.1) is 12.2 Å². The Labute approximate surface area is 127 Å². The van der Waals surface area contributed by atoms with E-state index < -0.39 is 5.91 Å². The summed E-state index contributed by atoms with van der Waals surface area (Å²) in [7, 11) is 0. The molecule has 2 aromatic rings. The van der Waals surface area contributed by atoms with Crippen LogP contribution in [0.5, 0.6) is 0 Å². The van der Waals surface area contributed by atoms with Crippen LogP contribution >= 0.6 is 0 Å². The van der Waals surface area contributed by atoms with E-state index in [1.54, 1.807) is 16.5 Å². The first-order chi connectivity index (χ1) is 10.7. The first kappa shape index (κ1) is 14.0. The Balaban J connectivity index is 1.96. The first-order valence-corrected chi connectivity index (χ1v) is 6.81. The Bertz CT molecular complexity index is 768. The molecular weight excluding hydrogens is 280 g/mol. The van der Waals surface area contributed by atoms with E-state index in [0.29, 0.717) is 12.1 Å². The average molecular weight is 294 g/mol. The molecule has 0 radical (unpaired) electrons. The van der Waals surface area contributed by atoms with Crippen molar-refractivity contribution in [1.29, 1.82) is 0 Å². The Morgan fingerprint density at radius 3 is 2.64 bits per heavy atom. The minimum Gasteiger partial charge on any atom is -0.303 e. The van der Waals surface area contributed by atoms with Crippen LogP contribution in [0.15, 0.2) is 54.6 Å². The van der Waals surface area contributed by atoms with Gasteiger partial charge in [0, 0.05) is 11.6 Å². The molecule has 22 heavy (non-hydrogen) atoms. The van der Waals surface area contributed by atoms with Crippen LogP contribution in [0.1, 0.15) is 21.5 Å². The molecule has 0 bridgehead atoms. The van der Waals surface area contributed by atoms with Crippen molar-refractivity contribution in [2.45, 2.75) is 6.54 Å². The molecule has 1 aliphatic heterocycles. The van der Waals surface area contributed by atoms with Gasteiger partial charge in [0.25, 0.3) is 11.8 Å². The fraction of sp³-hybridized carbons (Fsp3) is 0.0588. The fourth-order valence-electron chi connectivity index (χ4n) is 2.53. The molecule has 2 amide bonds. The van der Waals surface area contributed by atoms with Crippen LogP contribution in [-0.4, -0.2) is 17.0 Å². The molecule has 2 aromatic carbocycles. The molecule has 0 spiro atoms. The highest BCUT2D eigenvalue weighted by Crippen LogP contribution is 2.31. The predicted octanol–water partition coefficient (Wildman–Crippen LogP) is 2.37. The van der Waals surface area contributed by atoms with E-state index in [1.165, 1.54) is 6.08 Å². The lowest BCUT2D eigenvalue weighted by molar-refractivity contribution is -0.124. The lowest BCUT2D eigenvalue weighted by Crippen LogP contribution is -2.23. The minimum absolute atomic E-state index is 0.0527. The largest absolute Gasteiger partial charge is 0.303 e. The molecule has 5 nitrogen and oxygen atoms in total. The Morgan fingerprint density at radius 2 is 1.86 bits per heavy atom. The molecular formula is C17H14N2O3. The maximum Gasteiger partial charge on any atom is 0.267 e. The van der Waals surface area contributed by atoms with Crippen molar-refractivity contribution in [2.24, 2.45) is 0 Å². The molecule has 0 aliphatic carbocycles. The number of anilines is 1. The van der Waals surface area contributed by atoms with Crippen LogP contribution in [0.25, 0.3) is 6.08 Å². The molecule has 2 N–H and O–H groups in total. The highest BCUT2D eigenvalue weighted by Gasteiger charge is 2.28. The van der Waals surface area contributed by atoms with E-state index in [-0.39, 0.29) is 5.91 Å². The quantitative estimate of drug-likeness (QED) is 0.519. The number of para-hydroxylation sites is 1. The highest BCUT2D eigenvalue weighted by atomic mass is 16.5. The van der Waals surface area contributed by atoms with Crippen LogP contribution in [-0.2, 0) is 11.3 Å². The van der Waals surface area contributed by atoms with Gasteiger partial charge in [-0.2, -0.15) is 0 Å². The first-order valence-electron chi connectivity index (χ1n) is 6.81. The number of rotatable bonds is 3. The van der Waals surface area contributed by atoms with Crippen molar-refractivity contribution in [2.75, 3.05) is 4.90 Å². The third-order valence-corrected chi connectivity index (χ3v) is 3.57. The minimum atomic E-state index is -0.620. The zero-order valence-corrected chi connectivity index (χ0v) is 11.7. The number of nitrogens with one attached hydrogen (secondary N) is 1. The number of carbonyl (C=O) groups excluding carboxylic acids is 2. The van der Waals surface area contributed by atoms with Crippen LogP contribution in [0.2, 0.25) is 0 Å². The van der Waals surface area contributed by atoms with E-state index in [4.69, 9.17) is 5.21 Å². The summed E-state index contributed by atoms with van der Waals surface area (Å²) in [6.07, 6.45) is 2.78. The second kappa shape index (κ2) is 5.83. The van der Waals surface area contributed by atoms with Crippen LogP contribution in [0, 0.1) is 0 Å². The summed E-state index contributed by atoms with van der Waals surface area (Å²) >= 11 is 0. The van der Waals surface area contributed by atoms with E-state index in [2.05, 4.69) is 0 Å². The van der Waals surface area contributed by atoms with Crippen molar-refractivity contribution >= 4 is 23.6 Å². The SMILES string of the molecule is O=C(C=Cc1ccccc1N1Cc2ccccc2C1=O)NO. The van der Waals surface area contributed by atoms with Gasteiger partial charge in [0.15, 0.2) is 0 Å². The number of hydrogen-bond acceptors (Lipinski definition) is 3. The fourth-order valence-corrected chi connectivity index (χ4v) is 2.53. The second-order valence-corrected chi connectivity index (χ2v) is 4.92. The molecule has 3 rings (SSSR count). The van der Waals surface area contributed by atoms with Gasteiger partial charge in [0.2, 0.25) is 0 Å². The van der Waals surface area contributed by atoms with Crippen molar-refractivity contribution in [1.82, 2.24) is 5.48 Å². The maximum absolute atomic E-state index is 12.5. The number of benzene rings is 2. The van der Waals surface area contributed by atoms with Crippen LogP contribution in [0.4, 0.5) is 5.69 Å². The van der Waals surface area contributed by atoms with Crippen molar-refractivity contribution in [3.05, 3.63) is 71.3 Å². The predicted molar refractivity (Wildman–Crippen MR) is 82.4 cm³/mol. The zero-order valence-electron chi connectivity index (χ0n) is 11.7. The second-order valence-electron chi connectivity index (χ2n) is 4.92. The Kier molecular flexibility index (Phi) is 3.72. The van der Waals surface area contributed by atoms with E-state index >= 15 is 0 Å². The summed E-state index contributed by atoms with van der Waals surface area (Å²) in [5.41, 5.74) is 4.69. The molecule has 1 heterocycles. The number of hydroxylamine groups is 1. The normalized spacial score (nSPS) is 13.5. The molecule has 1 aliphatic rings. The number of fused-ring (bicyclic) bond motifs is 1. The van der Waals surface area contributed by atoms with Gasteiger partial charge in [-0.25, -0.2) is 5.48 Å². The maximum atomic E-state index is 12.5. The molecule has 0 fully saturated rings. The van der Waals surface area contributed by atoms with Gasteiger partial charge in [-0.15, -0.1) is 0 Å². The number of carbonyl (C=O) groups is 2. The highest BCUT2D eigenvalue weighted by molar-refractivity contribution is 6.11. The summed E-state index contributed by atoms with van der Waals surface area (Å²) in [4.78, 5) is 25.3. The van der Waals surface area contributed by atoms with E-state index in [9.17, 15) is 9.59 Å². The van der Waals surface area contributed by atoms with E-state index in [0.717, 1.165) is 16.8 Å². The van der Waals surface area contributed by atoms with Crippen LogP contribution < -0.4 is 10.4 Å². The van der Waals surface area contributed by atoms with Gasteiger partial charge < -0.3 is 4.90 Å². The average Bonchev–Trinajstić information content (AvgIpc) is 2.90. The zero-order chi connectivity index (χ0) is 15.5. The number of nitrogens with zero attached hydrogens (tertiary/aromatic N) is 1. The van der Waals surface area contributed by atoms with Gasteiger partial charge in [0.1, 0.15) is 0 Å². The summed E-state index contributed by atoms with van der Waals surface area (Å²) < 4.78 is 0. The van der Waals surface area contributed by atoms with Gasteiger partial charge >= 0.3 is 0 Å². The van der Waals surface area contributed by atoms with Crippen molar-refractivity contribution in [3.63, 3.8) is 0 Å². The van der Waals surface area contributed by atoms with Gasteiger partial charge in [-0.1, -0.05) is 36.4 Å². The van der Waals surface area contributed by atoms with Crippen LogP contribution in [0.3, 0.4) is 0 Å². The molecule has 110 valence electrons. The Hall–Kier alpha value is -2.92. The molecule has 0 atom stereocenters. The molecule has 0 aromatic heterocycles. The molecule has 0 saturated carbocycles. The van der Waals surface area contributed by atoms with Gasteiger partial charge in [-0.3, -0.25) is 14.8 Å². The smallest absolute Gasteiger partial charge is 0.267 e. The summed E-state index contributed by atoms with van der Waals surface area (Å²) in [6, 6.07) is 14.8. The summed E-state index contributed by atoms with van der Waals surface area (Å²) in [5, 5.41) is 8.54. The van der Waals surface area contributed by atoms with Gasteiger partial charge in [-0.05, 0) is 29.3 Å². The lowest BCUT2D eigenvalue weighted by Gasteiger charge is -2.18. The number of hydrogen-bond donors (Lipinski definition) is 2. The van der Waals surface area contributed by atoms with E-state index in [1.807, 2.05) is 48.5 Å². The van der Waals surface area contributed by atoms with Crippen molar-refractivity contribution < 1.29 is 14.8 Å². The summed E-state index contributed by atoms with van der Waals surface area (Å²) in [6.45, 7) is 0.506. The third kappa shape index (κ3) is 2.49. The molecule has 0 unspecified atom stereocenters. The van der Waals surface area contributed by atoms with Crippen molar-refractivity contribution in [3.8, 4) is 0 Å². The monoisotopic (exact) mass is 294 g/mol. The lowest BCUT2D eigenvalue weighted by atomic mass is 10.1. The summed E-state index contributed by atoms with van der Waals surface area (Å²) in [5.74, 6) is -0.672. The molecule has 5 heteroatoms.